The van der Waals surface area contributed by atoms with Crippen LogP contribution in [0.3, 0.4) is 0 Å². The average Bonchev–Trinajstić information content (AvgIpc) is 2.64. The summed E-state index contributed by atoms with van der Waals surface area (Å²) in [4.78, 5) is 19.3. The summed E-state index contributed by atoms with van der Waals surface area (Å²) in [5.74, 6) is -2.43. The van der Waals surface area contributed by atoms with Gasteiger partial charge in [0.25, 0.3) is 0 Å². The zero-order chi connectivity index (χ0) is 19.2. The fourth-order valence-corrected chi connectivity index (χ4v) is 2.11. The third-order valence-corrected chi connectivity index (χ3v) is 3.33. The third-order valence-electron chi connectivity index (χ3n) is 3.33. The Hall–Kier alpha value is -3.62. The van der Waals surface area contributed by atoms with Crippen LogP contribution < -0.4 is 15.4 Å². The lowest BCUT2D eigenvalue weighted by Crippen LogP contribution is -2.21. The van der Waals surface area contributed by atoms with Gasteiger partial charge in [0.05, 0.1) is 11.9 Å². The van der Waals surface area contributed by atoms with E-state index in [0.29, 0.717) is 5.56 Å². The molecule has 3 rings (SSSR count). The van der Waals surface area contributed by atoms with Gasteiger partial charge >= 0.3 is 12.0 Å². The minimum absolute atomic E-state index is 0.0513. The van der Waals surface area contributed by atoms with Crippen molar-refractivity contribution in [3.05, 3.63) is 77.7 Å². The second-order valence-corrected chi connectivity index (χ2v) is 5.33. The molecule has 2 N–H and O–H groups in total. The number of halogens is 3. The van der Waals surface area contributed by atoms with Crippen LogP contribution in [0.5, 0.6) is 6.01 Å². The van der Waals surface area contributed by atoms with Crippen LogP contribution in [0, 0.1) is 17.5 Å². The number of para-hydroxylation sites is 1. The number of ether oxygens (including phenoxy) is 1. The summed E-state index contributed by atoms with van der Waals surface area (Å²) in [6.45, 7) is -0.0513. The van der Waals surface area contributed by atoms with E-state index >= 15 is 0 Å². The molecule has 0 fully saturated rings. The number of hydrogen-bond donors (Lipinski definition) is 2. The smallest absolute Gasteiger partial charge is 0.325 e. The summed E-state index contributed by atoms with van der Waals surface area (Å²) in [6.07, 6.45) is 0.812. The Bertz CT molecular complexity index is 969. The Morgan fingerprint density at radius 1 is 1.00 bits per heavy atom. The van der Waals surface area contributed by atoms with Crippen LogP contribution >= 0.6 is 0 Å². The van der Waals surface area contributed by atoms with Crippen LogP contribution in [0.2, 0.25) is 0 Å². The quantitative estimate of drug-likeness (QED) is 0.705. The number of nitrogens with one attached hydrogen (secondary N) is 2. The fraction of sp³-hybridized carbons (Fsp3) is 0.0556. The van der Waals surface area contributed by atoms with E-state index in [1.54, 1.807) is 6.07 Å². The molecule has 2 aromatic carbocycles. The van der Waals surface area contributed by atoms with Crippen molar-refractivity contribution >= 4 is 17.5 Å². The molecule has 0 spiro atoms. The molecule has 2 amide bonds. The Balaban J connectivity index is 1.66. The summed E-state index contributed by atoms with van der Waals surface area (Å²) < 4.78 is 45.8. The second-order valence-electron chi connectivity index (χ2n) is 5.33. The summed E-state index contributed by atoms with van der Waals surface area (Å²) >= 11 is 0. The van der Waals surface area contributed by atoms with Gasteiger partial charge in [0.2, 0.25) is 0 Å². The Morgan fingerprint density at radius 3 is 2.59 bits per heavy atom. The van der Waals surface area contributed by atoms with Gasteiger partial charge in [-0.05, 0) is 29.8 Å². The number of carbonyl (C=O) groups is 1. The van der Waals surface area contributed by atoms with Gasteiger partial charge < -0.3 is 10.1 Å². The van der Waals surface area contributed by atoms with Gasteiger partial charge in [-0.15, -0.1) is 0 Å². The van der Waals surface area contributed by atoms with Gasteiger partial charge in [-0.25, -0.2) is 22.9 Å². The molecule has 0 saturated carbocycles. The monoisotopic (exact) mass is 374 g/mol. The molecule has 0 radical (unpaired) electrons. The maximum Gasteiger partial charge on any atom is 0.325 e. The molecule has 0 bridgehead atoms. The van der Waals surface area contributed by atoms with E-state index in [0.717, 1.165) is 6.20 Å². The van der Waals surface area contributed by atoms with Crippen molar-refractivity contribution in [3.63, 3.8) is 0 Å². The van der Waals surface area contributed by atoms with Crippen molar-refractivity contribution in [1.82, 2.24) is 9.97 Å². The SMILES string of the molecule is O=C(Nc1ccccc1F)Nc1nc(OCc2cccc(F)c2)ncc1F. The van der Waals surface area contributed by atoms with Gasteiger partial charge in [0.1, 0.15) is 18.2 Å². The first-order valence-electron chi connectivity index (χ1n) is 7.73. The molecule has 27 heavy (non-hydrogen) atoms. The largest absolute Gasteiger partial charge is 0.459 e. The molecule has 3 aromatic rings. The van der Waals surface area contributed by atoms with Gasteiger partial charge in [0.15, 0.2) is 11.6 Å². The number of hydrogen-bond acceptors (Lipinski definition) is 4. The lowest BCUT2D eigenvalue weighted by Gasteiger charge is -2.10. The van der Waals surface area contributed by atoms with Gasteiger partial charge in [0, 0.05) is 0 Å². The Kier molecular flexibility index (Phi) is 5.50. The van der Waals surface area contributed by atoms with E-state index in [1.165, 1.54) is 42.5 Å². The number of rotatable bonds is 5. The minimum Gasteiger partial charge on any atom is -0.459 e. The van der Waals surface area contributed by atoms with Gasteiger partial charge in [-0.1, -0.05) is 24.3 Å². The van der Waals surface area contributed by atoms with Crippen LogP contribution in [-0.4, -0.2) is 16.0 Å². The lowest BCUT2D eigenvalue weighted by molar-refractivity contribution is 0.261. The van der Waals surface area contributed by atoms with E-state index in [2.05, 4.69) is 20.6 Å². The number of benzene rings is 2. The average molecular weight is 374 g/mol. The van der Waals surface area contributed by atoms with Gasteiger partial charge in [-0.2, -0.15) is 4.98 Å². The van der Waals surface area contributed by atoms with E-state index in [4.69, 9.17) is 4.74 Å². The van der Waals surface area contributed by atoms with Crippen LogP contribution in [0.1, 0.15) is 5.56 Å². The molecule has 0 atom stereocenters. The molecule has 0 unspecified atom stereocenters. The van der Waals surface area contributed by atoms with Crippen molar-refractivity contribution in [2.45, 2.75) is 6.61 Å². The maximum absolute atomic E-state index is 13.8. The first kappa shape index (κ1) is 18.2. The standard InChI is InChI=1S/C18H13F3N4O2/c19-12-5-3-4-11(8-12)10-27-18-22-9-14(21)16(25-18)24-17(26)23-15-7-2-1-6-13(15)20/h1-9H,10H2,(H2,22,23,24,25,26). The highest BCUT2D eigenvalue weighted by atomic mass is 19.1. The molecule has 9 heteroatoms. The topological polar surface area (TPSA) is 76.1 Å². The van der Waals surface area contributed by atoms with Crippen molar-refractivity contribution in [2.75, 3.05) is 10.6 Å². The lowest BCUT2D eigenvalue weighted by atomic mass is 10.2. The number of amides is 2. The first-order chi connectivity index (χ1) is 13.0. The minimum atomic E-state index is -0.906. The molecule has 1 heterocycles. The summed E-state index contributed by atoms with van der Waals surface area (Å²) in [6, 6.07) is 10.1. The molecular formula is C18H13F3N4O2. The zero-order valence-electron chi connectivity index (χ0n) is 13.7. The van der Waals surface area contributed by atoms with E-state index in [1.807, 2.05) is 0 Å². The first-order valence-corrected chi connectivity index (χ1v) is 7.73. The van der Waals surface area contributed by atoms with Crippen molar-refractivity contribution in [2.24, 2.45) is 0 Å². The van der Waals surface area contributed by atoms with Gasteiger partial charge in [-0.3, -0.25) is 5.32 Å². The number of nitrogens with zero attached hydrogens (tertiary/aromatic N) is 2. The van der Waals surface area contributed by atoms with Crippen LogP contribution in [0.25, 0.3) is 0 Å². The predicted molar refractivity (Wildman–Crippen MR) is 91.8 cm³/mol. The highest BCUT2D eigenvalue weighted by molar-refractivity contribution is 5.99. The van der Waals surface area contributed by atoms with E-state index in [-0.39, 0.29) is 18.3 Å². The number of aromatic nitrogens is 2. The summed E-state index contributed by atoms with van der Waals surface area (Å²) in [5, 5.41) is 4.39. The molecule has 0 saturated heterocycles. The molecule has 0 aliphatic heterocycles. The normalized spacial score (nSPS) is 10.3. The molecule has 6 nitrogen and oxygen atoms in total. The van der Waals surface area contributed by atoms with Crippen molar-refractivity contribution in [1.29, 1.82) is 0 Å². The predicted octanol–water partition coefficient (Wildman–Crippen LogP) is 4.12. The number of carbonyl (C=O) groups excluding carboxylic acids is 1. The second kappa shape index (κ2) is 8.17. The molecule has 0 aliphatic carbocycles. The van der Waals surface area contributed by atoms with E-state index in [9.17, 15) is 18.0 Å². The highest BCUT2D eigenvalue weighted by Gasteiger charge is 2.13. The maximum atomic E-state index is 13.8. The number of anilines is 2. The third kappa shape index (κ3) is 4.94. The van der Waals surface area contributed by atoms with Crippen LogP contribution in [-0.2, 0) is 6.61 Å². The summed E-state index contributed by atoms with van der Waals surface area (Å²) in [7, 11) is 0. The molecule has 0 aliphatic rings. The Labute approximate surface area is 152 Å². The van der Waals surface area contributed by atoms with Crippen LogP contribution in [0.4, 0.5) is 29.5 Å². The molecular weight excluding hydrogens is 361 g/mol. The number of urea groups is 1. The Morgan fingerprint density at radius 2 is 1.81 bits per heavy atom. The molecule has 1 aromatic heterocycles. The highest BCUT2D eigenvalue weighted by Crippen LogP contribution is 2.17. The van der Waals surface area contributed by atoms with Crippen LogP contribution in [0.15, 0.2) is 54.7 Å². The van der Waals surface area contributed by atoms with Crippen molar-refractivity contribution in [3.8, 4) is 6.01 Å². The van der Waals surface area contributed by atoms with Crippen molar-refractivity contribution < 1.29 is 22.7 Å². The molecule has 138 valence electrons. The van der Waals surface area contributed by atoms with E-state index < -0.39 is 29.3 Å². The fourth-order valence-electron chi connectivity index (χ4n) is 2.11. The zero-order valence-corrected chi connectivity index (χ0v) is 13.7. The summed E-state index contributed by atoms with van der Waals surface area (Å²) in [5.41, 5.74) is 0.446.